The van der Waals surface area contributed by atoms with E-state index < -0.39 is 0 Å². The van der Waals surface area contributed by atoms with Crippen LogP contribution in [-0.2, 0) is 4.79 Å². The standard InChI is InChI=1S/C18H16N6O2/c25-17-9-4-10-23(17)14-6-3-5-13(11-14)20-18(26)15-7-1-2-8-16(15)24-12-19-21-22-24/h1-3,5-8,11-12H,4,9-10H2,(H,20,26). The van der Waals surface area contributed by atoms with Crippen LogP contribution in [0.3, 0.4) is 0 Å². The molecule has 0 spiro atoms. The predicted octanol–water partition coefficient (Wildman–Crippen LogP) is 2.04. The van der Waals surface area contributed by atoms with E-state index in [1.165, 1.54) is 11.0 Å². The zero-order valence-electron chi connectivity index (χ0n) is 13.9. The molecule has 0 aliphatic carbocycles. The molecule has 0 radical (unpaired) electrons. The molecule has 0 bridgehead atoms. The molecule has 1 aliphatic heterocycles. The first-order valence-electron chi connectivity index (χ1n) is 8.26. The minimum atomic E-state index is -0.277. The second-order valence-electron chi connectivity index (χ2n) is 5.92. The molecule has 4 rings (SSSR count). The summed E-state index contributed by atoms with van der Waals surface area (Å²) < 4.78 is 1.44. The summed E-state index contributed by atoms with van der Waals surface area (Å²) in [5.74, 6) is -0.168. The minimum absolute atomic E-state index is 0.109. The van der Waals surface area contributed by atoms with Crippen LogP contribution >= 0.6 is 0 Å². The normalized spacial score (nSPS) is 13.8. The fourth-order valence-electron chi connectivity index (χ4n) is 3.01. The Bertz CT molecular complexity index is 954. The molecule has 2 heterocycles. The average Bonchev–Trinajstić information content (AvgIpc) is 3.33. The lowest BCUT2D eigenvalue weighted by Crippen LogP contribution is -2.23. The third-order valence-electron chi connectivity index (χ3n) is 4.23. The first-order chi connectivity index (χ1) is 12.7. The van der Waals surface area contributed by atoms with Crippen LogP contribution in [0, 0.1) is 0 Å². The lowest BCUT2D eigenvalue weighted by atomic mass is 10.1. The van der Waals surface area contributed by atoms with Gasteiger partial charge in [-0.1, -0.05) is 18.2 Å². The Hall–Kier alpha value is -3.55. The summed E-state index contributed by atoms with van der Waals surface area (Å²) in [6, 6.07) is 14.4. The Morgan fingerprint density at radius 2 is 2.00 bits per heavy atom. The topological polar surface area (TPSA) is 93.0 Å². The first-order valence-corrected chi connectivity index (χ1v) is 8.26. The van der Waals surface area contributed by atoms with Gasteiger partial charge in [0, 0.05) is 24.3 Å². The molecule has 1 fully saturated rings. The molecule has 1 aromatic heterocycles. The van der Waals surface area contributed by atoms with Crippen molar-refractivity contribution in [3.05, 3.63) is 60.4 Å². The van der Waals surface area contributed by atoms with Crippen LogP contribution in [0.2, 0.25) is 0 Å². The van der Waals surface area contributed by atoms with E-state index in [9.17, 15) is 9.59 Å². The fourth-order valence-corrected chi connectivity index (χ4v) is 3.01. The van der Waals surface area contributed by atoms with E-state index in [0.29, 0.717) is 29.9 Å². The number of anilines is 2. The highest BCUT2D eigenvalue weighted by Gasteiger charge is 2.22. The molecule has 8 heteroatoms. The number of carbonyl (C=O) groups is 2. The lowest BCUT2D eigenvalue weighted by molar-refractivity contribution is -0.117. The molecule has 26 heavy (non-hydrogen) atoms. The summed E-state index contributed by atoms with van der Waals surface area (Å²) in [6.45, 7) is 0.707. The Morgan fingerprint density at radius 3 is 2.77 bits per heavy atom. The monoisotopic (exact) mass is 348 g/mol. The Kier molecular flexibility index (Phi) is 4.14. The molecule has 0 saturated carbocycles. The van der Waals surface area contributed by atoms with Crippen molar-refractivity contribution in [2.45, 2.75) is 12.8 Å². The van der Waals surface area contributed by atoms with Crippen LogP contribution in [0.1, 0.15) is 23.2 Å². The number of hydrogen-bond acceptors (Lipinski definition) is 5. The molecule has 3 aromatic rings. The largest absolute Gasteiger partial charge is 0.322 e. The van der Waals surface area contributed by atoms with E-state index >= 15 is 0 Å². The van der Waals surface area contributed by atoms with E-state index in [4.69, 9.17) is 0 Å². The van der Waals surface area contributed by atoms with Crippen LogP contribution < -0.4 is 10.2 Å². The van der Waals surface area contributed by atoms with Gasteiger partial charge in [0.2, 0.25) is 5.91 Å². The fraction of sp³-hybridized carbons (Fsp3) is 0.167. The highest BCUT2D eigenvalue weighted by atomic mass is 16.2. The van der Waals surface area contributed by atoms with Crippen LogP contribution in [0.25, 0.3) is 5.69 Å². The summed E-state index contributed by atoms with van der Waals surface area (Å²) in [6.07, 6.45) is 2.86. The van der Waals surface area contributed by atoms with Crippen molar-refractivity contribution in [3.8, 4) is 5.69 Å². The number of nitrogens with zero attached hydrogens (tertiary/aromatic N) is 5. The molecule has 0 atom stereocenters. The van der Waals surface area contributed by atoms with Crippen molar-refractivity contribution in [3.63, 3.8) is 0 Å². The van der Waals surface area contributed by atoms with Gasteiger partial charge in [0.05, 0.1) is 11.3 Å². The van der Waals surface area contributed by atoms with E-state index in [2.05, 4.69) is 20.8 Å². The van der Waals surface area contributed by atoms with Crippen LogP contribution in [0.15, 0.2) is 54.9 Å². The third-order valence-corrected chi connectivity index (χ3v) is 4.23. The van der Waals surface area contributed by atoms with Gasteiger partial charge in [0.15, 0.2) is 0 Å². The number of tetrazole rings is 1. The summed E-state index contributed by atoms with van der Waals surface area (Å²) in [5.41, 5.74) is 2.45. The molecule has 130 valence electrons. The van der Waals surface area contributed by atoms with E-state index in [-0.39, 0.29) is 11.8 Å². The van der Waals surface area contributed by atoms with Crippen molar-refractivity contribution in [1.29, 1.82) is 0 Å². The highest BCUT2D eigenvalue weighted by molar-refractivity contribution is 6.07. The Morgan fingerprint density at radius 1 is 1.12 bits per heavy atom. The smallest absolute Gasteiger partial charge is 0.257 e. The number of para-hydroxylation sites is 1. The van der Waals surface area contributed by atoms with Crippen molar-refractivity contribution < 1.29 is 9.59 Å². The molecule has 1 N–H and O–H groups in total. The molecule has 2 aromatic carbocycles. The highest BCUT2D eigenvalue weighted by Crippen LogP contribution is 2.25. The average molecular weight is 348 g/mol. The number of hydrogen-bond donors (Lipinski definition) is 1. The van der Waals surface area contributed by atoms with Gasteiger partial charge >= 0.3 is 0 Å². The second-order valence-corrected chi connectivity index (χ2v) is 5.92. The van der Waals surface area contributed by atoms with Crippen LogP contribution in [0.5, 0.6) is 0 Å². The van der Waals surface area contributed by atoms with Gasteiger partial charge in [0.1, 0.15) is 6.33 Å². The molecule has 1 saturated heterocycles. The van der Waals surface area contributed by atoms with E-state index in [1.54, 1.807) is 35.2 Å². The summed E-state index contributed by atoms with van der Waals surface area (Å²) in [5, 5.41) is 13.9. The SMILES string of the molecule is O=C(Nc1cccc(N2CCCC2=O)c1)c1ccccc1-n1cnnn1. The van der Waals surface area contributed by atoms with E-state index in [1.807, 2.05) is 18.2 Å². The third kappa shape index (κ3) is 3.04. The van der Waals surface area contributed by atoms with Crippen LogP contribution in [-0.4, -0.2) is 38.6 Å². The maximum Gasteiger partial charge on any atom is 0.257 e. The van der Waals surface area contributed by atoms with Crippen molar-refractivity contribution >= 4 is 23.2 Å². The Labute approximate surface area is 149 Å². The number of rotatable bonds is 4. The quantitative estimate of drug-likeness (QED) is 0.779. The molecule has 8 nitrogen and oxygen atoms in total. The molecular weight excluding hydrogens is 332 g/mol. The van der Waals surface area contributed by atoms with Gasteiger partial charge in [-0.3, -0.25) is 9.59 Å². The second kappa shape index (κ2) is 6.75. The van der Waals surface area contributed by atoms with Crippen LogP contribution in [0.4, 0.5) is 11.4 Å². The first kappa shape index (κ1) is 15.9. The molecular formula is C18H16N6O2. The number of amides is 2. The number of aromatic nitrogens is 4. The zero-order valence-corrected chi connectivity index (χ0v) is 13.9. The maximum atomic E-state index is 12.8. The van der Waals surface area contributed by atoms with Gasteiger partial charge in [-0.15, -0.1) is 5.10 Å². The van der Waals surface area contributed by atoms with Gasteiger partial charge < -0.3 is 10.2 Å². The summed E-state index contributed by atoms with van der Waals surface area (Å²) in [4.78, 5) is 26.4. The number of benzene rings is 2. The molecule has 2 amide bonds. The van der Waals surface area contributed by atoms with Crippen molar-refractivity contribution in [1.82, 2.24) is 20.2 Å². The van der Waals surface area contributed by atoms with Gasteiger partial charge in [-0.25, -0.2) is 0 Å². The number of carbonyl (C=O) groups excluding carboxylic acids is 2. The molecule has 1 aliphatic rings. The maximum absolute atomic E-state index is 12.8. The predicted molar refractivity (Wildman–Crippen MR) is 95.1 cm³/mol. The van der Waals surface area contributed by atoms with Gasteiger partial charge in [-0.05, 0) is 47.2 Å². The molecule has 0 unspecified atom stereocenters. The lowest BCUT2D eigenvalue weighted by Gasteiger charge is -2.17. The van der Waals surface area contributed by atoms with Crippen molar-refractivity contribution in [2.24, 2.45) is 0 Å². The summed E-state index contributed by atoms with van der Waals surface area (Å²) in [7, 11) is 0. The number of nitrogens with one attached hydrogen (secondary N) is 1. The summed E-state index contributed by atoms with van der Waals surface area (Å²) >= 11 is 0. The van der Waals surface area contributed by atoms with Gasteiger partial charge in [-0.2, -0.15) is 4.68 Å². The van der Waals surface area contributed by atoms with Gasteiger partial charge in [0.25, 0.3) is 5.91 Å². The van der Waals surface area contributed by atoms with E-state index in [0.717, 1.165) is 12.1 Å². The minimum Gasteiger partial charge on any atom is -0.322 e. The Balaban J connectivity index is 1.59. The van der Waals surface area contributed by atoms with Crippen molar-refractivity contribution in [2.75, 3.05) is 16.8 Å². The zero-order chi connectivity index (χ0) is 17.9.